The minimum atomic E-state index is -0.906. The summed E-state index contributed by atoms with van der Waals surface area (Å²) in [6.45, 7) is 1.76. The number of anilines is 1. The second-order valence-corrected chi connectivity index (χ2v) is 7.22. The summed E-state index contributed by atoms with van der Waals surface area (Å²) in [5, 5.41) is -0.251. The summed E-state index contributed by atoms with van der Waals surface area (Å²) in [4.78, 5) is 23.9. The number of nitrogens with two attached hydrogens (primary N) is 1. The van der Waals surface area contributed by atoms with Crippen LogP contribution in [-0.2, 0) is 7.05 Å². The number of nitrogens with zero attached hydrogens (tertiary/aromatic N) is 4. The van der Waals surface area contributed by atoms with Gasteiger partial charge >= 0.3 is 0 Å². The molecular weight excluding hydrogens is 428 g/mol. The number of nitrogen functional groups attached to an aromatic ring is 1. The molecule has 0 fully saturated rings. The van der Waals surface area contributed by atoms with Crippen LogP contribution < -0.4 is 16.0 Å². The summed E-state index contributed by atoms with van der Waals surface area (Å²) in [6.07, 6.45) is 3.47. The molecule has 0 radical (unpaired) electrons. The molecule has 0 unspecified atom stereocenters. The maximum atomic E-state index is 14.7. The molecule has 0 bridgehead atoms. The maximum absolute atomic E-state index is 14.7. The minimum absolute atomic E-state index is 0.0637. The van der Waals surface area contributed by atoms with Crippen LogP contribution in [0.4, 0.5) is 14.6 Å². The molecule has 0 saturated carbocycles. The number of aromatic nitrogens is 4. The third kappa shape index (κ3) is 3.68. The molecule has 0 spiro atoms. The van der Waals surface area contributed by atoms with Gasteiger partial charge in [0.25, 0.3) is 5.56 Å². The minimum Gasteiger partial charge on any atom is -0.484 e. The molecule has 0 aliphatic rings. The SMILES string of the molecule is C[C@@H](Oc1ccc(-c2ccc(F)c(Cl)c2F)c2ncnc(N)c12)c1cn(C)c(=O)cn1. The topological polar surface area (TPSA) is 95.9 Å². The first kappa shape index (κ1) is 20.7. The van der Waals surface area contributed by atoms with E-state index < -0.39 is 22.8 Å². The lowest BCUT2D eigenvalue weighted by molar-refractivity contribution is 0.223. The van der Waals surface area contributed by atoms with Crippen molar-refractivity contribution in [1.82, 2.24) is 19.5 Å². The molecule has 0 amide bonds. The molecule has 31 heavy (non-hydrogen) atoms. The van der Waals surface area contributed by atoms with Gasteiger partial charge in [0.1, 0.15) is 34.8 Å². The molecule has 2 N–H and O–H groups in total. The van der Waals surface area contributed by atoms with E-state index in [2.05, 4.69) is 15.0 Å². The zero-order valence-corrected chi connectivity index (χ0v) is 17.2. The number of ether oxygens (including phenoxy) is 1. The van der Waals surface area contributed by atoms with Crippen molar-refractivity contribution in [3.05, 3.63) is 75.7 Å². The Balaban J connectivity index is 1.84. The highest BCUT2D eigenvalue weighted by Gasteiger charge is 2.20. The van der Waals surface area contributed by atoms with E-state index >= 15 is 0 Å². The summed E-state index contributed by atoms with van der Waals surface area (Å²) in [7, 11) is 1.61. The Labute approximate surface area is 180 Å². The van der Waals surface area contributed by atoms with Crippen LogP contribution in [0.2, 0.25) is 5.02 Å². The third-order valence-corrected chi connectivity index (χ3v) is 5.17. The zero-order valence-electron chi connectivity index (χ0n) is 16.4. The van der Waals surface area contributed by atoms with Gasteiger partial charge in [-0.1, -0.05) is 11.6 Å². The van der Waals surface area contributed by atoms with Crippen molar-refractivity contribution in [2.75, 3.05) is 5.73 Å². The van der Waals surface area contributed by atoms with Crippen LogP contribution in [-0.4, -0.2) is 19.5 Å². The van der Waals surface area contributed by atoms with Crippen LogP contribution in [0.1, 0.15) is 18.7 Å². The lowest BCUT2D eigenvalue weighted by atomic mass is 10.0. The predicted octanol–water partition coefficient (Wildman–Crippen LogP) is 4.04. The van der Waals surface area contributed by atoms with Crippen LogP contribution in [0.3, 0.4) is 0 Å². The summed E-state index contributed by atoms with van der Waals surface area (Å²) < 4.78 is 35.7. The lowest BCUT2D eigenvalue weighted by Crippen LogP contribution is -2.19. The van der Waals surface area contributed by atoms with Crippen LogP contribution >= 0.6 is 11.6 Å². The standard InChI is InChI=1S/C21H16ClF2N5O2/c1-10(14-8-29(2)16(30)7-26-14)31-15-6-4-12(20-17(15)21(25)28-9-27-20)11-3-5-13(23)18(22)19(11)24/h3-10H,1-2H3,(H2,25,27,28)/t10-/m1/s1. The largest absolute Gasteiger partial charge is 0.484 e. The molecule has 7 nitrogen and oxygen atoms in total. The molecule has 1 atom stereocenters. The van der Waals surface area contributed by atoms with E-state index in [1.54, 1.807) is 32.3 Å². The van der Waals surface area contributed by atoms with E-state index in [1.807, 2.05) is 0 Å². The van der Waals surface area contributed by atoms with Gasteiger partial charge in [-0.05, 0) is 31.2 Å². The number of hydrogen-bond donors (Lipinski definition) is 1. The van der Waals surface area contributed by atoms with Crippen LogP contribution in [0.5, 0.6) is 5.75 Å². The number of hydrogen-bond acceptors (Lipinski definition) is 6. The van der Waals surface area contributed by atoms with Crippen molar-refractivity contribution < 1.29 is 13.5 Å². The average molecular weight is 444 g/mol. The number of aryl methyl sites for hydroxylation is 1. The molecule has 158 valence electrons. The monoisotopic (exact) mass is 443 g/mol. The Morgan fingerprint density at radius 3 is 2.61 bits per heavy atom. The van der Waals surface area contributed by atoms with Crippen molar-refractivity contribution in [2.24, 2.45) is 7.05 Å². The molecule has 10 heteroatoms. The number of benzene rings is 2. The van der Waals surface area contributed by atoms with Crippen LogP contribution in [0.25, 0.3) is 22.0 Å². The average Bonchev–Trinajstić information content (AvgIpc) is 2.75. The lowest BCUT2D eigenvalue weighted by Gasteiger charge is -2.18. The van der Waals surface area contributed by atoms with Gasteiger partial charge in [-0.3, -0.25) is 9.78 Å². The molecule has 4 rings (SSSR count). The molecule has 2 aromatic carbocycles. The second-order valence-electron chi connectivity index (χ2n) is 6.84. The van der Waals surface area contributed by atoms with Crippen molar-refractivity contribution in [3.63, 3.8) is 0 Å². The van der Waals surface area contributed by atoms with E-state index in [4.69, 9.17) is 22.1 Å². The quantitative estimate of drug-likeness (QED) is 0.478. The van der Waals surface area contributed by atoms with Crippen LogP contribution in [0, 0.1) is 11.6 Å². The Kier molecular flexibility index (Phi) is 5.28. The molecule has 0 aliphatic heterocycles. The highest BCUT2D eigenvalue weighted by atomic mass is 35.5. The van der Waals surface area contributed by atoms with Gasteiger partial charge in [0.2, 0.25) is 0 Å². The summed E-state index contributed by atoms with van der Waals surface area (Å²) in [6, 6.07) is 5.53. The van der Waals surface area contributed by atoms with Gasteiger partial charge in [0, 0.05) is 24.4 Å². The van der Waals surface area contributed by atoms with Crippen molar-refractivity contribution >= 4 is 28.3 Å². The first-order valence-corrected chi connectivity index (χ1v) is 9.52. The predicted molar refractivity (Wildman–Crippen MR) is 113 cm³/mol. The Morgan fingerprint density at radius 1 is 1.13 bits per heavy atom. The van der Waals surface area contributed by atoms with Crippen molar-refractivity contribution in [1.29, 1.82) is 0 Å². The maximum Gasteiger partial charge on any atom is 0.268 e. The Bertz CT molecular complexity index is 1380. The number of fused-ring (bicyclic) bond motifs is 1. The van der Waals surface area contributed by atoms with Gasteiger partial charge in [-0.25, -0.2) is 18.7 Å². The summed E-state index contributed by atoms with van der Waals surface area (Å²) in [5.74, 6) is -1.30. The van der Waals surface area contributed by atoms with Gasteiger partial charge in [-0.15, -0.1) is 0 Å². The summed E-state index contributed by atoms with van der Waals surface area (Å²) in [5.41, 5.74) is 7.08. The van der Waals surface area contributed by atoms with Crippen molar-refractivity contribution in [3.8, 4) is 16.9 Å². The molecule has 0 saturated heterocycles. The third-order valence-electron chi connectivity index (χ3n) is 4.82. The Morgan fingerprint density at radius 2 is 1.87 bits per heavy atom. The highest BCUT2D eigenvalue weighted by molar-refractivity contribution is 6.31. The van der Waals surface area contributed by atoms with E-state index in [-0.39, 0.29) is 16.9 Å². The zero-order chi connectivity index (χ0) is 22.3. The molecule has 2 heterocycles. The molecular formula is C21H16ClF2N5O2. The summed E-state index contributed by atoms with van der Waals surface area (Å²) >= 11 is 5.74. The van der Waals surface area contributed by atoms with E-state index in [0.29, 0.717) is 27.9 Å². The van der Waals surface area contributed by atoms with E-state index in [1.165, 1.54) is 23.2 Å². The number of halogens is 3. The fourth-order valence-electron chi connectivity index (χ4n) is 3.19. The first-order valence-electron chi connectivity index (χ1n) is 9.14. The molecule has 2 aromatic heterocycles. The van der Waals surface area contributed by atoms with Gasteiger partial charge in [0.05, 0.1) is 22.8 Å². The molecule has 4 aromatic rings. The first-order chi connectivity index (χ1) is 14.8. The van der Waals surface area contributed by atoms with Gasteiger partial charge < -0.3 is 15.0 Å². The highest BCUT2D eigenvalue weighted by Crippen LogP contribution is 2.39. The van der Waals surface area contributed by atoms with Crippen molar-refractivity contribution in [2.45, 2.75) is 13.0 Å². The van der Waals surface area contributed by atoms with Gasteiger partial charge in [-0.2, -0.15) is 0 Å². The van der Waals surface area contributed by atoms with Gasteiger partial charge in [0.15, 0.2) is 5.82 Å². The smallest absolute Gasteiger partial charge is 0.268 e. The molecule has 0 aliphatic carbocycles. The number of rotatable bonds is 4. The fraction of sp³-hybridized carbons (Fsp3) is 0.143. The normalized spacial score (nSPS) is 12.2. The van der Waals surface area contributed by atoms with E-state index in [9.17, 15) is 13.6 Å². The second kappa shape index (κ2) is 7.92. The Hall–Kier alpha value is -3.59. The van der Waals surface area contributed by atoms with E-state index in [0.717, 1.165) is 6.07 Å². The fourth-order valence-corrected chi connectivity index (χ4v) is 3.36. The van der Waals surface area contributed by atoms with Crippen LogP contribution in [0.15, 0.2) is 47.8 Å².